The maximum Gasteiger partial charge on any atom is 0.130 e. The predicted molar refractivity (Wildman–Crippen MR) is 83.3 cm³/mol. The standard InChI is InChI=1S/C16H16N2S/c1-2-6-12-7-5-10-16(17-12)18-14-11-19-15-9-4-3-8-13(14)15/h3-5,7-11H,2,6H2,1H3,(H,17,18). The van der Waals surface area contributed by atoms with Gasteiger partial charge in [-0.15, -0.1) is 11.3 Å². The molecule has 2 aromatic heterocycles. The highest BCUT2D eigenvalue weighted by Crippen LogP contribution is 2.31. The van der Waals surface area contributed by atoms with Crippen molar-refractivity contribution in [3.8, 4) is 0 Å². The fraction of sp³-hybridized carbons (Fsp3) is 0.188. The highest BCUT2D eigenvalue weighted by Gasteiger charge is 2.04. The van der Waals surface area contributed by atoms with Gasteiger partial charge in [-0.1, -0.05) is 37.6 Å². The molecule has 0 aliphatic rings. The number of thiophene rings is 1. The van der Waals surface area contributed by atoms with Crippen LogP contribution in [-0.2, 0) is 6.42 Å². The Labute approximate surface area is 117 Å². The molecule has 19 heavy (non-hydrogen) atoms. The summed E-state index contributed by atoms with van der Waals surface area (Å²) in [5.74, 6) is 0.925. The average Bonchev–Trinajstić information content (AvgIpc) is 2.83. The first-order valence-corrected chi connectivity index (χ1v) is 7.44. The van der Waals surface area contributed by atoms with E-state index in [-0.39, 0.29) is 0 Å². The summed E-state index contributed by atoms with van der Waals surface area (Å²) in [4.78, 5) is 4.64. The Morgan fingerprint density at radius 3 is 2.89 bits per heavy atom. The zero-order valence-electron chi connectivity index (χ0n) is 10.9. The van der Waals surface area contributed by atoms with Crippen LogP contribution in [0.15, 0.2) is 47.8 Å². The topological polar surface area (TPSA) is 24.9 Å². The number of hydrogen-bond donors (Lipinski definition) is 1. The van der Waals surface area contributed by atoms with Gasteiger partial charge in [0.15, 0.2) is 0 Å². The van der Waals surface area contributed by atoms with Crippen molar-refractivity contribution in [3.63, 3.8) is 0 Å². The molecule has 2 nitrogen and oxygen atoms in total. The molecule has 0 saturated carbocycles. The van der Waals surface area contributed by atoms with Crippen LogP contribution < -0.4 is 5.32 Å². The first-order valence-electron chi connectivity index (χ1n) is 6.56. The van der Waals surface area contributed by atoms with Crippen LogP contribution in [0.2, 0.25) is 0 Å². The van der Waals surface area contributed by atoms with Gasteiger partial charge in [-0.2, -0.15) is 0 Å². The van der Waals surface area contributed by atoms with Gasteiger partial charge < -0.3 is 5.32 Å². The quantitative estimate of drug-likeness (QED) is 0.721. The normalized spacial score (nSPS) is 10.8. The lowest BCUT2D eigenvalue weighted by Crippen LogP contribution is -1.96. The van der Waals surface area contributed by atoms with Crippen molar-refractivity contribution < 1.29 is 0 Å². The summed E-state index contributed by atoms with van der Waals surface area (Å²) in [6.45, 7) is 2.17. The molecular weight excluding hydrogens is 252 g/mol. The molecule has 0 atom stereocenters. The van der Waals surface area contributed by atoms with Crippen LogP contribution in [-0.4, -0.2) is 4.98 Å². The number of nitrogens with zero attached hydrogens (tertiary/aromatic N) is 1. The van der Waals surface area contributed by atoms with Gasteiger partial charge in [0, 0.05) is 21.2 Å². The molecule has 0 amide bonds. The van der Waals surface area contributed by atoms with E-state index in [1.54, 1.807) is 11.3 Å². The van der Waals surface area contributed by atoms with Crippen LogP contribution in [0.1, 0.15) is 19.0 Å². The van der Waals surface area contributed by atoms with E-state index in [1.165, 1.54) is 10.1 Å². The second-order valence-corrected chi connectivity index (χ2v) is 5.45. The molecule has 0 bridgehead atoms. The summed E-state index contributed by atoms with van der Waals surface area (Å²) in [6, 6.07) is 14.6. The maximum atomic E-state index is 4.64. The highest BCUT2D eigenvalue weighted by molar-refractivity contribution is 7.17. The molecule has 0 aliphatic heterocycles. The van der Waals surface area contributed by atoms with Crippen molar-refractivity contribution >= 4 is 32.9 Å². The van der Waals surface area contributed by atoms with E-state index in [2.05, 4.69) is 59.0 Å². The molecule has 0 saturated heterocycles. The van der Waals surface area contributed by atoms with E-state index in [0.29, 0.717) is 0 Å². The number of anilines is 2. The number of pyridine rings is 1. The third kappa shape index (κ3) is 2.61. The Balaban J connectivity index is 1.90. The number of aromatic nitrogens is 1. The lowest BCUT2D eigenvalue weighted by atomic mass is 10.2. The van der Waals surface area contributed by atoms with Gasteiger partial charge in [0.1, 0.15) is 5.82 Å². The molecule has 3 aromatic rings. The molecule has 0 unspecified atom stereocenters. The van der Waals surface area contributed by atoms with Crippen molar-refractivity contribution in [1.29, 1.82) is 0 Å². The van der Waals surface area contributed by atoms with Gasteiger partial charge in [0.25, 0.3) is 0 Å². The minimum Gasteiger partial charge on any atom is -0.339 e. The maximum absolute atomic E-state index is 4.64. The first kappa shape index (κ1) is 12.2. The van der Waals surface area contributed by atoms with Crippen molar-refractivity contribution in [2.45, 2.75) is 19.8 Å². The molecule has 1 aromatic carbocycles. The monoisotopic (exact) mass is 268 g/mol. The number of benzene rings is 1. The molecular formula is C16H16N2S. The number of aryl methyl sites for hydroxylation is 1. The minimum absolute atomic E-state index is 0.925. The number of fused-ring (bicyclic) bond motifs is 1. The van der Waals surface area contributed by atoms with Crippen LogP contribution in [0, 0.1) is 0 Å². The van der Waals surface area contributed by atoms with E-state index in [0.717, 1.165) is 30.0 Å². The molecule has 96 valence electrons. The third-order valence-corrected chi connectivity index (χ3v) is 4.02. The molecule has 0 fully saturated rings. The SMILES string of the molecule is CCCc1cccc(Nc2csc3ccccc23)n1. The first-order chi connectivity index (χ1) is 9.36. The second kappa shape index (κ2) is 5.41. The third-order valence-electron chi connectivity index (χ3n) is 3.06. The molecule has 3 rings (SSSR count). The van der Waals surface area contributed by atoms with E-state index in [9.17, 15) is 0 Å². The van der Waals surface area contributed by atoms with Gasteiger partial charge in [-0.25, -0.2) is 4.98 Å². The Bertz CT molecular complexity index is 688. The van der Waals surface area contributed by atoms with E-state index in [1.807, 2.05) is 6.07 Å². The summed E-state index contributed by atoms with van der Waals surface area (Å²) in [5, 5.41) is 6.84. The fourth-order valence-electron chi connectivity index (χ4n) is 2.16. The summed E-state index contributed by atoms with van der Waals surface area (Å²) in [5.41, 5.74) is 2.29. The zero-order valence-corrected chi connectivity index (χ0v) is 11.7. The fourth-order valence-corrected chi connectivity index (χ4v) is 3.05. The zero-order chi connectivity index (χ0) is 13.1. The van der Waals surface area contributed by atoms with Crippen molar-refractivity contribution in [1.82, 2.24) is 4.98 Å². The smallest absolute Gasteiger partial charge is 0.130 e. The number of nitrogens with one attached hydrogen (secondary N) is 1. The lowest BCUT2D eigenvalue weighted by Gasteiger charge is -2.06. The van der Waals surface area contributed by atoms with Gasteiger partial charge in [-0.3, -0.25) is 0 Å². The number of hydrogen-bond acceptors (Lipinski definition) is 3. The second-order valence-electron chi connectivity index (χ2n) is 4.53. The van der Waals surface area contributed by atoms with Gasteiger partial charge in [-0.05, 0) is 24.6 Å². The summed E-state index contributed by atoms with van der Waals surface area (Å²) < 4.78 is 1.30. The summed E-state index contributed by atoms with van der Waals surface area (Å²) in [7, 11) is 0. The molecule has 0 aliphatic carbocycles. The summed E-state index contributed by atoms with van der Waals surface area (Å²) in [6.07, 6.45) is 2.15. The Morgan fingerprint density at radius 1 is 1.11 bits per heavy atom. The van der Waals surface area contributed by atoms with Crippen LogP contribution in [0.5, 0.6) is 0 Å². The molecule has 1 N–H and O–H groups in total. The largest absolute Gasteiger partial charge is 0.339 e. The lowest BCUT2D eigenvalue weighted by molar-refractivity contribution is 0.884. The Morgan fingerprint density at radius 2 is 2.00 bits per heavy atom. The van der Waals surface area contributed by atoms with Gasteiger partial charge >= 0.3 is 0 Å². The van der Waals surface area contributed by atoms with E-state index < -0.39 is 0 Å². The van der Waals surface area contributed by atoms with Crippen molar-refractivity contribution in [2.75, 3.05) is 5.32 Å². The molecule has 0 spiro atoms. The minimum atomic E-state index is 0.925. The predicted octanol–water partition coefficient (Wildman–Crippen LogP) is 4.99. The highest BCUT2D eigenvalue weighted by atomic mass is 32.1. The average molecular weight is 268 g/mol. The van der Waals surface area contributed by atoms with Crippen molar-refractivity contribution in [3.05, 3.63) is 53.5 Å². The molecule has 3 heteroatoms. The van der Waals surface area contributed by atoms with E-state index in [4.69, 9.17) is 0 Å². The van der Waals surface area contributed by atoms with Crippen LogP contribution in [0.3, 0.4) is 0 Å². The van der Waals surface area contributed by atoms with Crippen LogP contribution in [0.25, 0.3) is 10.1 Å². The summed E-state index contributed by atoms with van der Waals surface area (Å²) >= 11 is 1.76. The van der Waals surface area contributed by atoms with E-state index >= 15 is 0 Å². The van der Waals surface area contributed by atoms with Crippen LogP contribution in [0.4, 0.5) is 11.5 Å². The van der Waals surface area contributed by atoms with Crippen LogP contribution >= 0.6 is 11.3 Å². The Kier molecular flexibility index (Phi) is 3.47. The Hall–Kier alpha value is -1.87. The van der Waals surface area contributed by atoms with Gasteiger partial charge in [0.05, 0.1) is 5.69 Å². The van der Waals surface area contributed by atoms with Gasteiger partial charge in [0.2, 0.25) is 0 Å². The molecule has 0 radical (unpaired) electrons. The molecule has 2 heterocycles. The van der Waals surface area contributed by atoms with Crippen molar-refractivity contribution in [2.24, 2.45) is 0 Å². The number of rotatable bonds is 4.